The minimum absolute atomic E-state index is 0.121. The standard InChI is InChI=1S/C35H45N3O6/c1-5-16-38(17-6-2)34(41)28-20-27(21-29(22-28)35(42)44-7-3)33(40)37-31(19-25-12-9-8-10-13-25)32(39)24-36-23-26-14-11-15-30(18-26)43-4/h8-15,18,20-22,31-32,36,39H,5-7,16-17,19,23-24H2,1-4H3,(H,37,40). The zero-order valence-electron chi connectivity index (χ0n) is 26.2. The number of nitrogens with zero attached hydrogens (tertiary/aromatic N) is 1. The number of carbonyl (C=O) groups is 3. The molecule has 2 atom stereocenters. The van der Waals surface area contributed by atoms with Crippen molar-refractivity contribution in [2.75, 3.05) is 33.4 Å². The summed E-state index contributed by atoms with van der Waals surface area (Å²) in [6, 6.07) is 21.0. The number of rotatable bonds is 17. The Morgan fingerprint density at radius 3 is 2.16 bits per heavy atom. The minimum atomic E-state index is -0.941. The van der Waals surface area contributed by atoms with E-state index in [1.165, 1.54) is 18.2 Å². The molecule has 236 valence electrons. The van der Waals surface area contributed by atoms with Crippen LogP contribution in [-0.2, 0) is 17.7 Å². The van der Waals surface area contributed by atoms with Crippen LogP contribution in [0.25, 0.3) is 0 Å². The van der Waals surface area contributed by atoms with Gasteiger partial charge in [-0.2, -0.15) is 0 Å². The number of esters is 1. The third kappa shape index (κ3) is 10.2. The van der Waals surface area contributed by atoms with Gasteiger partial charge in [0.2, 0.25) is 0 Å². The van der Waals surface area contributed by atoms with E-state index in [0.717, 1.165) is 29.7 Å². The first-order valence-electron chi connectivity index (χ1n) is 15.3. The Kier molecular flexibility index (Phi) is 13.9. The van der Waals surface area contributed by atoms with Crippen molar-refractivity contribution in [3.63, 3.8) is 0 Å². The zero-order chi connectivity index (χ0) is 31.9. The van der Waals surface area contributed by atoms with Gasteiger partial charge >= 0.3 is 5.97 Å². The van der Waals surface area contributed by atoms with Crippen molar-refractivity contribution in [1.29, 1.82) is 0 Å². The third-order valence-corrected chi connectivity index (χ3v) is 7.12. The van der Waals surface area contributed by atoms with Crippen LogP contribution in [0.3, 0.4) is 0 Å². The number of aliphatic hydroxyl groups excluding tert-OH is 1. The van der Waals surface area contributed by atoms with Crippen molar-refractivity contribution in [2.45, 2.75) is 58.7 Å². The van der Waals surface area contributed by atoms with Crippen molar-refractivity contribution in [3.05, 3.63) is 101 Å². The molecule has 3 aromatic rings. The average Bonchev–Trinajstić information content (AvgIpc) is 3.04. The summed E-state index contributed by atoms with van der Waals surface area (Å²) in [5, 5.41) is 17.5. The van der Waals surface area contributed by atoms with E-state index in [4.69, 9.17) is 9.47 Å². The van der Waals surface area contributed by atoms with Crippen molar-refractivity contribution >= 4 is 17.8 Å². The molecule has 0 aliphatic carbocycles. The molecule has 2 unspecified atom stereocenters. The van der Waals surface area contributed by atoms with E-state index in [0.29, 0.717) is 26.1 Å². The molecule has 0 saturated heterocycles. The summed E-state index contributed by atoms with van der Waals surface area (Å²) in [4.78, 5) is 41.6. The van der Waals surface area contributed by atoms with Crippen LogP contribution >= 0.6 is 0 Å². The van der Waals surface area contributed by atoms with Gasteiger partial charge < -0.3 is 30.1 Å². The molecule has 3 rings (SSSR count). The number of carbonyl (C=O) groups excluding carboxylic acids is 3. The minimum Gasteiger partial charge on any atom is -0.497 e. The number of amides is 2. The molecule has 0 spiro atoms. The van der Waals surface area contributed by atoms with Crippen LogP contribution in [0, 0.1) is 0 Å². The normalized spacial score (nSPS) is 12.2. The fourth-order valence-corrected chi connectivity index (χ4v) is 4.94. The molecule has 0 aliphatic heterocycles. The fraction of sp³-hybridized carbons (Fsp3) is 0.400. The number of aliphatic hydroxyl groups is 1. The summed E-state index contributed by atoms with van der Waals surface area (Å²) in [7, 11) is 1.61. The number of benzene rings is 3. The molecule has 44 heavy (non-hydrogen) atoms. The molecule has 2 amide bonds. The Hall–Kier alpha value is -4.21. The summed E-state index contributed by atoms with van der Waals surface area (Å²) in [6.07, 6.45) is 0.991. The highest BCUT2D eigenvalue weighted by molar-refractivity contribution is 6.03. The maximum Gasteiger partial charge on any atom is 0.338 e. The summed E-state index contributed by atoms with van der Waals surface area (Å²) < 4.78 is 10.5. The van der Waals surface area contributed by atoms with Crippen molar-refractivity contribution in [3.8, 4) is 5.75 Å². The van der Waals surface area contributed by atoms with Gasteiger partial charge in [-0.05, 0) is 67.6 Å². The lowest BCUT2D eigenvalue weighted by Crippen LogP contribution is -2.48. The largest absolute Gasteiger partial charge is 0.497 e. The molecule has 3 N–H and O–H groups in total. The number of hydrogen-bond donors (Lipinski definition) is 3. The Morgan fingerprint density at radius 1 is 0.841 bits per heavy atom. The second-order valence-electron chi connectivity index (χ2n) is 10.6. The Bertz CT molecular complexity index is 1360. The Morgan fingerprint density at radius 2 is 1.50 bits per heavy atom. The van der Waals surface area contributed by atoms with E-state index in [1.54, 1.807) is 18.9 Å². The van der Waals surface area contributed by atoms with Crippen LogP contribution in [0.2, 0.25) is 0 Å². The summed E-state index contributed by atoms with van der Waals surface area (Å²) in [5.41, 5.74) is 2.43. The quantitative estimate of drug-likeness (QED) is 0.193. The molecule has 9 heteroatoms. The summed E-state index contributed by atoms with van der Waals surface area (Å²) in [5.74, 6) is -0.627. The number of nitrogens with one attached hydrogen (secondary N) is 2. The average molecular weight is 604 g/mol. The molecule has 0 saturated carbocycles. The highest BCUT2D eigenvalue weighted by Gasteiger charge is 2.25. The number of hydrogen-bond acceptors (Lipinski definition) is 7. The predicted octanol–water partition coefficient (Wildman–Crippen LogP) is 4.63. The van der Waals surface area contributed by atoms with Gasteiger partial charge in [-0.25, -0.2) is 4.79 Å². The summed E-state index contributed by atoms with van der Waals surface area (Å²) >= 11 is 0. The first kappa shape index (κ1) is 34.3. The van der Waals surface area contributed by atoms with Crippen molar-refractivity contribution in [2.24, 2.45) is 0 Å². The fourth-order valence-electron chi connectivity index (χ4n) is 4.94. The van der Waals surface area contributed by atoms with Gasteiger partial charge in [-0.1, -0.05) is 56.3 Å². The molecule has 0 bridgehead atoms. The summed E-state index contributed by atoms with van der Waals surface area (Å²) in [6.45, 7) is 7.68. The smallest absolute Gasteiger partial charge is 0.338 e. The first-order valence-corrected chi connectivity index (χ1v) is 15.3. The number of ether oxygens (including phenoxy) is 2. The number of methoxy groups -OCH3 is 1. The second-order valence-corrected chi connectivity index (χ2v) is 10.6. The Balaban J connectivity index is 1.86. The highest BCUT2D eigenvalue weighted by Crippen LogP contribution is 2.17. The molecule has 3 aromatic carbocycles. The van der Waals surface area contributed by atoms with Crippen LogP contribution in [-0.4, -0.2) is 73.3 Å². The van der Waals surface area contributed by atoms with Gasteiger partial charge in [0, 0.05) is 37.3 Å². The van der Waals surface area contributed by atoms with Crippen molar-refractivity contribution < 1.29 is 29.0 Å². The SMILES string of the molecule is CCCN(CCC)C(=O)c1cc(C(=O)NC(Cc2ccccc2)C(O)CNCc2cccc(OC)c2)cc(C(=O)OCC)c1. The van der Waals surface area contributed by atoms with Crippen LogP contribution in [0.5, 0.6) is 5.75 Å². The molecule has 0 fully saturated rings. The maximum absolute atomic E-state index is 13.7. The monoisotopic (exact) mass is 603 g/mol. The van der Waals surface area contributed by atoms with E-state index in [-0.39, 0.29) is 35.7 Å². The van der Waals surface area contributed by atoms with Gasteiger partial charge in [0.05, 0.1) is 31.4 Å². The van der Waals surface area contributed by atoms with Crippen LogP contribution < -0.4 is 15.4 Å². The van der Waals surface area contributed by atoms with Gasteiger partial charge in [-0.15, -0.1) is 0 Å². The molecule has 0 heterocycles. The van der Waals surface area contributed by atoms with Gasteiger partial charge in [0.25, 0.3) is 11.8 Å². The predicted molar refractivity (Wildman–Crippen MR) is 171 cm³/mol. The van der Waals surface area contributed by atoms with E-state index in [1.807, 2.05) is 68.4 Å². The van der Waals surface area contributed by atoms with Gasteiger partial charge in [0.1, 0.15) is 5.75 Å². The molecular weight excluding hydrogens is 558 g/mol. The molecular formula is C35H45N3O6. The molecule has 0 radical (unpaired) electrons. The van der Waals surface area contributed by atoms with Crippen LogP contribution in [0.1, 0.15) is 75.8 Å². The molecule has 0 aliphatic rings. The van der Waals surface area contributed by atoms with Crippen LogP contribution in [0.15, 0.2) is 72.8 Å². The highest BCUT2D eigenvalue weighted by atomic mass is 16.5. The van der Waals surface area contributed by atoms with E-state index in [2.05, 4.69) is 10.6 Å². The van der Waals surface area contributed by atoms with E-state index in [9.17, 15) is 19.5 Å². The van der Waals surface area contributed by atoms with Gasteiger partial charge in [0.15, 0.2) is 0 Å². The topological polar surface area (TPSA) is 117 Å². The molecule has 0 aromatic heterocycles. The van der Waals surface area contributed by atoms with Crippen LogP contribution in [0.4, 0.5) is 0 Å². The molecule has 9 nitrogen and oxygen atoms in total. The van der Waals surface area contributed by atoms with E-state index >= 15 is 0 Å². The Labute approximate surface area is 260 Å². The third-order valence-electron chi connectivity index (χ3n) is 7.12. The second kappa shape index (κ2) is 17.8. The lowest BCUT2D eigenvalue weighted by molar-refractivity contribution is 0.0526. The van der Waals surface area contributed by atoms with Crippen molar-refractivity contribution in [1.82, 2.24) is 15.5 Å². The maximum atomic E-state index is 13.7. The zero-order valence-corrected chi connectivity index (χ0v) is 26.2. The lowest BCUT2D eigenvalue weighted by atomic mass is 9.99. The first-order chi connectivity index (χ1) is 21.3. The lowest BCUT2D eigenvalue weighted by Gasteiger charge is -2.25. The van der Waals surface area contributed by atoms with E-state index < -0.39 is 24.0 Å². The van der Waals surface area contributed by atoms with Gasteiger partial charge in [-0.3, -0.25) is 9.59 Å².